The molecule has 0 aliphatic heterocycles. The van der Waals surface area contributed by atoms with Crippen molar-refractivity contribution in [3.05, 3.63) is 88.4 Å². The summed E-state index contributed by atoms with van der Waals surface area (Å²) in [5.41, 5.74) is 0.401. The highest BCUT2D eigenvalue weighted by Gasteiger charge is 2.26. The topological polar surface area (TPSA) is 100 Å². The van der Waals surface area contributed by atoms with E-state index in [0.717, 1.165) is 8.82 Å². The second-order valence-corrected chi connectivity index (χ2v) is 8.20. The number of nitrogens with one attached hydrogen (secondary N) is 1. The molecule has 0 unspecified atom stereocenters. The molecule has 0 fully saturated rings. The van der Waals surface area contributed by atoms with Crippen molar-refractivity contribution in [3.63, 3.8) is 0 Å². The molecular weight excluding hydrogens is 397 g/mol. The van der Waals surface area contributed by atoms with Crippen LogP contribution in [0.4, 0.5) is 10.1 Å². The molecule has 8 nitrogen and oxygen atoms in total. The summed E-state index contributed by atoms with van der Waals surface area (Å²) in [6.07, 6.45) is 0. The Balaban J connectivity index is 1.82. The Bertz CT molecular complexity index is 1330. The van der Waals surface area contributed by atoms with E-state index in [2.05, 4.69) is 15.1 Å². The fourth-order valence-electron chi connectivity index (χ4n) is 2.89. The normalized spacial score (nSPS) is 11.7. The fourth-order valence-corrected chi connectivity index (χ4v) is 4.33. The Morgan fingerprint density at radius 2 is 1.76 bits per heavy atom. The molecule has 0 radical (unpaired) electrons. The molecule has 2 aromatic heterocycles. The van der Waals surface area contributed by atoms with Gasteiger partial charge in [-0.15, -0.1) is 0 Å². The molecule has 1 N–H and O–H groups in total. The van der Waals surface area contributed by atoms with Crippen LogP contribution in [0, 0.1) is 12.7 Å². The monoisotopic (exact) mass is 413 g/mol. The molecule has 148 valence electrons. The van der Waals surface area contributed by atoms with E-state index < -0.39 is 15.8 Å². The van der Waals surface area contributed by atoms with Gasteiger partial charge in [0.15, 0.2) is 0 Å². The SMILES string of the molecule is Cc1cc(=O)n2[nH]c(CN(c3ccc(F)cc3)S(=O)(=O)c3ccccc3)nc2n1. The predicted octanol–water partition coefficient (Wildman–Crippen LogP) is 2.26. The molecule has 10 heteroatoms. The number of fused-ring (bicyclic) bond motifs is 1. The van der Waals surface area contributed by atoms with Crippen molar-refractivity contribution in [3.8, 4) is 0 Å². The summed E-state index contributed by atoms with van der Waals surface area (Å²) in [5, 5.41) is 2.78. The second-order valence-electron chi connectivity index (χ2n) is 6.34. The first-order valence-electron chi connectivity index (χ1n) is 8.63. The molecule has 2 aromatic carbocycles. The minimum Gasteiger partial charge on any atom is -0.273 e. The molecule has 4 aromatic rings. The van der Waals surface area contributed by atoms with E-state index in [4.69, 9.17) is 0 Å². The zero-order valence-electron chi connectivity index (χ0n) is 15.3. The van der Waals surface area contributed by atoms with Crippen LogP contribution in [0.1, 0.15) is 11.5 Å². The van der Waals surface area contributed by atoms with Crippen molar-refractivity contribution in [1.82, 2.24) is 19.6 Å². The number of sulfonamides is 1. The smallest absolute Gasteiger partial charge is 0.273 e. The van der Waals surface area contributed by atoms with Crippen molar-refractivity contribution in [2.45, 2.75) is 18.4 Å². The van der Waals surface area contributed by atoms with Gasteiger partial charge in [-0.05, 0) is 43.3 Å². The molecule has 2 heterocycles. The Morgan fingerprint density at radius 3 is 2.45 bits per heavy atom. The van der Waals surface area contributed by atoms with Crippen LogP contribution < -0.4 is 9.86 Å². The van der Waals surface area contributed by atoms with Gasteiger partial charge in [0.1, 0.15) is 11.6 Å². The average molecular weight is 413 g/mol. The highest BCUT2D eigenvalue weighted by atomic mass is 32.2. The third-order valence-corrected chi connectivity index (χ3v) is 6.03. The zero-order chi connectivity index (χ0) is 20.6. The van der Waals surface area contributed by atoms with Gasteiger partial charge >= 0.3 is 0 Å². The Labute approximate surface area is 165 Å². The average Bonchev–Trinajstić information content (AvgIpc) is 3.10. The van der Waals surface area contributed by atoms with Crippen LogP contribution in [0.15, 0.2) is 70.4 Å². The zero-order valence-corrected chi connectivity index (χ0v) is 16.1. The molecule has 0 aliphatic carbocycles. The van der Waals surface area contributed by atoms with Crippen LogP contribution in [0.3, 0.4) is 0 Å². The van der Waals surface area contributed by atoms with E-state index >= 15 is 0 Å². The van der Waals surface area contributed by atoms with E-state index in [1.807, 2.05) is 0 Å². The van der Waals surface area contributed by atoms with Crippen molar-refractivity contribution < 1.29 is 12.8 Å². The number of nitrogens with zero attached hydrogens (tertiary/aromatic N) is 4. The Morgan fingerprint density at radius 1 is 1.07 bits per heavy atom. The van der Waals surface area contributed by atoms with Crippen molar-refractivity contribution in [2.24, 2.45) is 0 Å². The summed E-state index contributed by atoms with van der Waals surface area (Å²) in [5.74, 6) is -0.133. The van der Waals surface area contributed by atoms with Crippen molar-refractivity contribution >= 4 is 21.5 Å². The number of benzene rings is 2. The molecule has 29 heavy (non-hydrogen) atoms. The Hall–Kier alpha value is -3.53. The van der Waals surface area contributed by atoms with Crippen LogP contribution in [-0.2, 0) is 16.6 Å². The van der Waals surface area contributed by atoms with Gasteiger partial charge in [-0.3, -0.25) is 14.2 Å². The first-order valence-corrected chi connectivity index (χ1v) is 10.1. The van der Waals surface area contributed by atoms with Crippen molar-refractivity contribution in [2.75, 3.05) is 4.31 Å². The summed E-state index contributed by atoms with van der Waals surface area (Å²) in [6, 6.07) is 14.3. The summed E-state index contributed by atoms with van der Waals surface area (Å²) in [6.45, 7) is 1.46. The molecule has 0 atom stereocenters. The molecule has 4 rings (SSSR count). The summed E-state index contributed by atoms with van der Waals surface area (Å²) >= 11 is 0. The fraction of sp³-hybridized carbons (Fsp3) is 0.105. The van der Waals surface area contributed by atoms with Crippen LogP contribution in [0.25, 0.3) is 5.78 Å². The predicted molar refractivity (Wildman–Crippen MR) is 105 cm³/mol. The molecule has 0 bridgehead atoms. The quantitative estimate of drug-likeness (QED) is 0.541. The van der Waals surface area contributed by atoms with Gasteiger partial charge in [-0.2, -0.15) is 9.50 Å². The molecule has 0 saturated heterocycles. The molecular formula is C19H16FN5O3S. The first kappa shape index (κ1) is 18.8. The van der Waals surface area contributed by atoms with E-state index in [1.165, 1.54) is 42.5 Å². The number of halogens is 1. The van der Waals surface area contributed by atoms with Gasteiger partial charge in [0, 0.05) is 11.8 Å². The van der Waals surface area contributed by atoms with Gasteiger partial charge in [0.25, 0.3) is 21.4 Å². The number of aryl methyl sites for hydroxylation is 1. The number of H-pyrrole nitrogens is 1. The van der Waals surface area contributed by atoms with E-state index in [9.17, 15) is 17.6 Å². The number of aromatic amines is 1. The maximum absolute atomic E-state index is 13.4. The minimum atomic E-state index is -3.98. The minimum absolute atomic E-state index is 0.0755. The third kappa shape index (κ3) is 3.61. The van der Waals surface area contributed by atoms with E-state index in [0.29, 0.717) is 5.69 Å². The lowest BCUT2D eigenvalue weighted by atomic mass is 10.3. The van der Waals surface area contributed by atoms with Gasteiger partial charge in [0.2, 0.25) is 0 Å². The van der Waals surface area contributed by atoms with Gasteiger partial charge in [-0.25, -0.2) is 17.8 Å². The van der Waals surface area contributed by atoms with Crippen LogP contribution in [0.2, 0.25) is 0 Å². The number of aromatic nitrogens is 4. The van der Waals surface area contributed by atoms with Crippen molar-refractivity contribution in [1.29, 1.82) is 0 Å². The second kappa shape index (κ2) is 7.13. The standard InChI is InChI=1S/C19H16FN5O3S/c1-13-11-18(26)25-19(21-13)22-17(23-25)12-24(15-9-7-14(20)8-10-15)29(27,28)16-5-3-2-4-6-16/h2-11H,12H2,1H3,(H,21,22,23). The number of hydrogen-bond acceptors (Lipinski definition) is 5. The Kier molecular flexibility index (Phi) is 4.63. The molecule has 0 saturated carbocycles. The molecule has 0 amide bonds. The third-order valence-electron chi connectivity index (χ3n) is 4.24. The highest BCUT2D eigenvalue weighted by Crippen LogP contribution is 2.25. The number of rotatable bonds is 5. The van der Waals surface area contributed by atoms with Gasteiger partial charge in [-0.1, -0.05) is 18.2 Å². The van der Waals surface area contributed by atoms with E-state index in [-0.39, 0.29) is 34.3 Å². The largest absolute Gasteiger partial charge is 0.274 e. The van der Waals surface area contributed by atoms with E-state index in [1.54, 1.807) is 25.1 Å². The highest BCUT2D eigenvalue weighted by molar-refractivity contribution is 7.92. The molecule has 0 aliphatic rings. The summed E-state index contributed by atoms with van der Waals surface area (Å²) in [7, 11) is -3.98. The van der Waals surface area contributed by atoms with Crippen LogP contribution in [0.5, 0.6) is 0 Å². The summed E-state index contributed by atoms with van der Waals surface area (Å²) in [4.78, 5) is 20.6. The lowest BCUT2D eigenvalue weighted by Gasteiger charge is -2.23. The van der Waals surface area contributed by atoms with Gasteiger partial charge < -0.3 is 0 Å². The van der Waals surface area contributed by atoms with Crippen LogP contribution >= 0.6 is 0 Å². The summed E-state index contributed by atoms with van der Waals surface area (Å²) < 4.78 is 42.1. The first-order chi connectivity index (χ1) is 13.8. The maximum atomic E-state index is 13.4. The lowest BCUT2D eigenvalue weighted by Crippen LogP contribution is -2.31. The number of anilines is 1. The molecule has 0 spiro atoms. The van der Waals surface area contributed by atoms with Crippen LogP contribution in [-0.4, -0.2) is 28.0 Å². The van der Waals surface area contributed by atoms with Gasteiger partial charge in [0.05, 0.1) is 17.1 Å². The maximum Gasteiger partial charge on any atom is 0.274 e. The lowest BCUT2D eigenvalue weighted by molar-refractivity contribution is 0.588. The number of hydrogen-bond donors (Lipinski definition) is 1.